The third-order valence-electron chi connectivity index (χ3n) is 2.55. The summed E-state index contributed by atoms with van der Waals surface area (Å²) in [5.74, 6) is -2.07. The molecule has 0 aliphatic rings. The van der Waals surface area contributed by atoms with Crippen molar-refractivity contribution in [2.45, 2.75) is 19.2 Å². The van der Waals surface area contributed by atoms with E-state index in [0.29, 0.717) is 6.07 Å². The van der Waals surface area contributed by atoms with Crippen molar-refractivity contribution in [1.82, 2.24) is 0 Å². The van der Waals surface area contributed by atoms with Crippen LogP contribution < -0.4 is 4.74 Å². The highest BCUT2D eigenvalue weighted by atomic mass is 19.4. The van der Waals surface area contributed by atoms with Gasteiger partial charge in [-0.15, -0.1) is 0 Å². The molecular weight excluding hydrogens is 293 g/mol. The van der Waals surface area contributed by atoms with E-state index in [1.165, 1.54) is 6.92 Å². The fourth-order valence-electron chi connectivity index (χ4n) is 1.54. The first kappa shape index (κ1) is 16.8. The lowest BCUT2D eigenvalue weighted by atomic mass is 10.1. The zero-order chi connectivity index (χ0) is 16.2. The molecule has 5 nitrogen and oxygen atoms in total. The molecule has 21 heavy (non-hydrogen) atoms. The summed E-state index contributed by atoms with van der Waals surface area (Å²) in [4.78, 5) is 22.5. The minimum Gasteiger partial charge on any atom is -0.479 e. The Bertz CT molecular complexity index is 539. The van der Waals surface area contributed by atoms with Gasteiger partial charge in [0.25, 0.3) is 0 Å². The second kappa shape index (κ2) is 6.47. The Balaban J connectivity index is 3.16. The molecule has 0 fully saturated rings. The van der Waals surface area contributed by atoms with Crippen molar-refractivity contribution in [3.8, 4) is 5.75 Å². The Morgan fingerprint density at radius 1 is 1.14 bits per heavy atom. The topological polar surface area (TPSA) is 61.8 Å². The molecule has 0 heterocycles. The average Bonchev–Trinajstić information content (AvgIpc) is 2.44. The number of esters is 2. The summed E-state index contributed by atoms with van der Waals surface area (Å²) in [7, 11) is 2.11. The number of carbonyl (C=O) groups is 2. The lowest BCUT2D eigenvalue weighted by molar-refractivity contribution is -0.147. The van der Waals surface area contributed by atoms with Gasteiger partial charge in [-0.2, -0.15) is 13.2 Å². The Morgan fingerprint density at radius 2 is 1.76 bits per heavy atom. The molecule has 0 aliphatic carbocycles. The predicted molar refractivity (Wildman–Crippen MR) is 64.9 cm³/mol. The number of rotatable bonds is 4. The Morgan fingerprint density at radius 3 is 2.24 bits per heavy atom. The van der Waals surface area contributed by atoms with Crippen LogP contribution in [0.15, 0.2) is 18.2 Å². The summed E-state index contributed by atoms with van der Waals surface area (Å²) in [6.45, 7) is 1.33. The largest absolute Gasteiger partial charge is 0.479 e. The fraction of sp³-hybridized carbons (Fsp3) is 0.385. The van der Waals surface area contributed by atoms with E-state index >= 15 is 0 Å². The summed E-state index contributed by atoms with van der Waals surface area (Å²) in [6.07, 6.45) is -5.85. The van der Waals surface area contributed by atoms with Crippen molar-refractivity contribution in [3.63, 3.8) is 0 Å². The Labute approximate surface area is 118 Å². The smallest absolute Gasteiger partial charge is 0.417 e. The minimum atomic E-state index is -4.77. The van der Waals surface area contributed by atoms with Crippen LogP contribution in [0.1, 0.15) is 22.8 Å². The molecular formula is C13H13F3O5. The summed E-state index contributed by atoms with van der Waals surface area (Å²) in [6, 6.07) is 2.70. The van der Waals surface area contributed by atoms with E-state index in [1.54, 1.807) is 0 Å². The normalized spacial score (nSPS) is 12.5. The van der Waals surface area contributed by atoms with E-state index in [-0.39, 0.29) is 5.75 Å². The lowest BCUT2D eigenvalue weighted by Crippen LogP contribution is -2.25. The van der Waals surface area contributed by atoms with Crippen molar-refractivity contribution < 1.29 is 37.0 Å². The molecule has 0 aromatic heterocycles. The maximum absolute atomic E-state index is 12.9. The number of benzene rings is 1. The van der Waals surface area contributed by atoms with Gasteiger partial charge in [-0.3, -0.25) is 0 Å². The van der Waals surface area contributed by atoms with Gasteiger partial charge in [0.1, 0.15) is 5.75 Å². The van der Waals surface area contributed by atoms with Crippen molar-refractivity contribution in [3.05, 3.63) is 29.3 Å². The molecule has 0 saturated heterocycles. The van der Waals surface area contributed by atoms with Crippen LogP contribution in [-0.4, -0.2) is 32.3 Å². The van der Waals surface area contributed by atoms with E-state index in [1.807, 2.05) is 0 Å². The van der Waals surface area contributed by atoms with Gasteiger partial charge >= 0.3 is 18.1 Å². The second-order valence-electron chi connectivity index (χ2n) is 3.98. The molecule has 0 bridgehead atoms. The lowest BCUT2D eigenvalue weighted by Gasteiger charge is -2.16. The molecule has 0 radical (unpaired) electrons. The molecule has 1 aromatic carbocycles. The number of halogens is 3. The van der Waals surface area contributed by atoms with E-state index in [0.717, 1.165) is 26.4 Å². The van der Waals surface area contributed by atoms with Crippen LogP contribution in [0.3, 0.4) is 0 Å². The number of hydrogen-bond acceptors (Lipinski definition) is 5. The van der Waals surface area contributed by atoms with Gasteiger partial charge in [-0.25, -0.2) is 9.59 Å². The summed E-state index contributed by atoms with van der Waals surface area (Å²) >= 11 is 0. The number of hydrogen-bond donors (Lipinski definition) is 0. The van der Waals surface area contributed by atoms with Crippen molar-refractivity contribution in [2.24, 2.45) is 0 Å². The quantitative estimate of drug-likeness (QED) is 0.800. The average molecular weight is 306 g/mol. The zero-order valence-corrected chi connectivity index (χ0v) is 11.5. The SMILES string of the molecule is COC(=O)c1ccc(O[C@@H](C)C(=O)OC)cc1C(F)(F)F. The van der Waals surface area contributed by atoms with Gasteiger partial charge in [0.05, 0.1) is 25.3 Å². The standard InChI is InChI=1S/C13H13F3O5/c1-7(11(17)19-2)21-8-4-5-9(12(18)20-3)10(6-8)13(14,15)16/h4-7H,1-3H3/t7-/m0/s1. The molecule has 0 saturated carbocycles. The first-order valence-electron chi connectivity index (χ1n) is 5.74. The van der Waals surface area contributed by atoms with Crippen LogP contribution in [-0.2, 0) is 20.4 Å². The van der Waals surface area contributed by atoms with Crippen molar-refractivity contribution >= 4 is 11.9 Å². The fourth-order valence-corrected chi connectivity index (χ4v) is 1.54. The molecule has 1 atom stereocenters. The Kier molecular flexibility index (Phi) is 5.17. The van der Waals surface area contributed by atoms with Crippen LogP contribution in [0.5, 0.6) is 5.75 Å². The van der Waals surface area contributed by atoms with Gasteiger partial charge in [-0.05, 0) is 25.1 Å². The number of alkyl halides is 3. The number of methoxy groups -OCH3 is 2. The van der Waals surface area contributed by atoms with Gasteiger partial charge in [0.15, 0.2) is 6.10 Å². The van der Waals surface area contributed by atoms with Gasteiger partial charge < -0.3 is 14.2 Å². The molecule has 0 aliphatic heterocycles. The van der Waals surface area contributed by atoms with Gasteiger partial charge in [-0.1, -0.05) is 0 Å². The maximum Gasteiger partial charge on any atom is 0.417 e. The third kappa shape index (κ3) is 4.11. The van der Waals surface area contributed by atoms with E-state index in [4.69, 9.17) is 4.74 Å². The zero-order valence-electron chi connectivity index (χ0n) is 11.5. The molecule has 1 aromatic rings. The maximum atomic E-state index is 12.9. The predicted octanol–water partition coefficient (Wildman–Crippen LogP) is 2.43. The summed E-state index contributed by atoms with van der Waals surface area (Å²) < 4.78 is 52.5. The van der Waals surface area contributed by atoms with Crippen LogP contribution in [0, 0.1) is 0 Å². The molecule has 0 amide bonds. The first-order chi connectivity index (χ1) is 9.70. The molecule has 1 rings (SSSR count). The molecule has 0 unspecified atom stereocenters. The highest BCUT2D eigenvalue weighted by Crippen LogP contribution is 2.35. The molecule has 0 spiro atoms. The molecule has 116 valence electrons. The number of ether oxygens (including phenoxy) is 3. The molecule has 8 heteroatoms. The monoisotopic (exact) mass is 306 g/mol. The third-order valence-corrected chi connectivity index (χ3v) is 2.55. The Hall–Kier alpha value is -2.25. The van der Waals surface area contributed by atoms with Crippen molar-refractivity contribution in [1.29, 1.82) is 0 Å². The highest BCUT2D eigenvalue weighted by Gasteiger charge is 2.36. The van der Waals surface area contributed by atoms with E-state index in [2.05, 4.69) is 9.47 Å². The molecule has 0 N–H and O–H groups in total. The van der Waals surface area contributed by atoms with Gasteiger partial charge in [0.2, 0.25) is 0 Å². The van der Waals surface area contributed by atoms with Crippen molar-refractivity contribution in [2.75, 3.05) is 14.2 Å². The highest BCUT2D eigenvalue weighted by molar-refractivity contribution is 5.91. The van der Waals surface area contributed by atoms with Crippen LogP contribution in [0.4, 0.5) is 13.2 Å². The minimum absolute atomic E-state index is 0.215. The summed E-state index contributed by atoms with van der Waals surface area (Å²) in [5.41, 5.74) is -1.84. The van der Waals surface area contributed by atoms with Crippen LogP contribution in [0.25, 0.3) is 0 Å². The van der Waals surface area contributed by atoms with Gasteiger partial charge in [0, 0.05) is 0 Å². The first-order valence-corrected chi connectivity index (χ1v) is 5.74. The van der Waals surface area contributed by atoms with Crippen LogP contribution in [0.2, 0.25) is 0 Å². The van der Waals surface area contributed by atoms with Crippen LogP contribution >= 0.6 is 0 Å². The summed E-state index contributed by atoms with van der Waals surface area (Å²) in [5, 5.41) is 0. The second-order valence-corrected chi connectivity index (χ2v) is 3.98. The van der Waals surface area contributed by atoms with E-state index in [9.17, 15) is 22.8 Å². The van der Waals surface area contributed by atoms with E-state index < -0.39 is 35.3 Å². The number of carbonyl (C=O) groups excluding carboxylic acids is 2.